The number of hydrogen-bond acceptors (Lipinski definition) is 1. The fraction of sp³-hybridized carbons (Fsp3) is 0.235. The fourth-order valence-corrected chi connectivity index (χ4v) is 2.97. The summed E-state index contributed by atoms with van der Waals surface area (Å²) in [6, 6.07) is 11.8. The Balaban J connectivity index is 1.70. The Bertz CT molecular complexity index is 705. The normalized spacial score (nSPS) is 16.7. The summed E-state index contributed by atoms with van der Waals surface area (Å²) < 4.78 is 13.7. The van der Waals surface area contributed by atoms with Gasteiger partial charge in [-0.1, -0.05) is 35.9 Å². The van der Waals surface area contributed by atoms with E-state index in [9.17, 15) is 9.18 Å². The van der Waals surface area contributed by atoms with E-state index in [1.165, 1.54) is 23.8 Å². The van der Waals surface area contributed by atoms with Crippen molar-refractivity contribution in [3.05, 3.63) is 64.4 Å². The molecule has 1 atom stereocenters. The van der Waals surface area contributed by atoms with Gasteiger partial charge < -0.3 is 10.6 Å². The number of nitrogens with one attached hydrogen (secondary N) is 2. The maximum absolute atomic E-state index is 13.7. The van der Waals surface area contributed by atoms with Gasteiger partial charge in [0, 0.05) is 5.02 Å². The molecule has 2 amide bonds. The SMILES string of the molecule is O=C(Nc1ccc(Cl)cc1F)N[C@@H]1CCCc2ccccc21. The molecular formula is C17H16ClFN2O. The van der Waals surface area contributed by atoms with Crippen molar-refractivity contribution in [1.29, 1.82) is 0 Å². The molecule has 0 saturated carbocycles. The number of hydrogen-bond donors (Lipinski definition) is 2. The summed E-state index contributed by atoms with van der Waals surface area (Å²) in [7, 11) is 0. The molecule has 0 unspecified atom stereocenters. The van der Waals surface area contributed by atoms with Gasteiger partial charge in [0.25, 0.3) is 0 Å². The number of halogens is 2. The van der Waals surface area contributed by atoms with Crippen LogP contribution in [0.4, 0.5) is 14.9 Å². The van der Waals surface area contributed by atoms with Crippen LogP contribution in [0.2, 0.25) is 5.02 Å². The van der Waals surface area contributed by atoms with Crippen LogP contribution in [0.15, 0.2) is 42.5 Å². The largest absolute Gasteiger partial charge is 0.331 e. The summed E-state index contributed by atoms with van der Waals surface area (Å²) in [6.45, 7) is 0. The monoisotopic (exact) mass is 318 g/mol. The second-order valence-electron chi connectivity index (χ2n) is 5.37. The number of rotatable bonds is 2. The number of anilines is 1. The van der Waals surface area contributed by atoms with E-state index >= 15 is 0 Å². The van der Waals surface area contributed by atoms with E-state index in [1.807, 2.05) is 18.2 Å². The summed E-state index contributed by atoms with van der Waals surface area (Å²) in [6.07, 6.45) is 2.94. The van der Waals surface area contributed by atoms with E-state index in [1.54, 1.807) is 0 Å². The first-order valence-corrected chi connectivity index (χ1v) is 7.61. The summed E-state index contributed by atoms with van der Waals surface area (Å²) in [5, 5.41) is 5.74. The fourth-order valence-electron chi connectivity index (χ4n) is 2.81. The molecule has 2 aromatic carbocycles. The molecule has 0 aromatic heterocycles. The zero-order valence-corrected chi connectivity index (χ0v) is 12.7. The number of amides is 2. The van der Waals surface area contributed by atoms with Gasteiger partial charge in [-0.2, -0.15) is 0 Å². The van der Waals surface area contributed by atoms with Crippen LogP contribution in [0.1, 0.15) is 30.0 Å². The van der Waals surface area contributed by atoms with Gasteiger partial charge in [-0.25, -0.2) is 9.18 Å². The molecule has 0 fully saturated rings. The number of urea groups is 1. The van der Waals surface area contributed by atoms with Crippen LogP contribution in [0.25, 0.3) is 0 Å². The second kappa shape index (κ2) is 6.36. The number of benzene rings is 2. The standard InChI is InChI=1S/C17H16ClFN2O/c18-12-8-9-16(14(19)10-12)21-17(22)20-15-7-3-5-11-4-1-2-6-13(11)15/h1-2,4,6,8-10,15H,3,5,7H2,(H2,20,21,22)/t15-/m1/s1. The molecule has 114 valence electrons. The van der Waals surface area contributed by atoms with Crippen molar-refractivity contribution in [3.8, 4) is 0 Å². The Hall–Kier alpha value is -2.07. The van der Waals surface area contributed by atoms with Crippen molar-refractivity contribution in [1.82, 2.24) is 5.32 Å². The van der Waals surface area contributed by atoms with E-state index < -0.39 is 11.8 Å². The Labute approximate surface area is 133 Å². The minimum absolute atomic E-state index is 0.0414. The maximum Gasteiger partial charge on any atom is 0.319 e. The topological polar surface area (TPSA) is 41.1 Å². The van der Waals surface area contributed by atoms with Gasteiger partial charge in [0.05, 0.1) is 11.7 Å². The van der Waals surface area contributed by atoms with Crippen molar-refractivity contribution in [2.45, 2.75) is 25.3 Å². The van der Waals surface area contributed by atoms with E-state index in [4.69, 9.17) is 11.6 Å². The third-order valence-corrected chi connectivity index (χ3v) is 4.09. The first kappa shape index (κ1) is 14.9. The zero-order chi connectivity index (χ0) is 15.5. The van der Waals surface area contributed by atoms with E-state index in [0.29, 0.717) is 5.02 Å². The summed E-state index contributed by atoms with van der Waals surface area (Å²) >= 11 is 5.70. The van der Waals surface area contributed by atoms with E-state index in [0.717, 1.165) is 24.8 Å². The summed E-state index contributed by atoms with van der Waals surface area (Å²) in [5.41, 5.74) is 2.52. The van der Waals surface area contributed by atoms with Gasteiger partial charge in [0.15, 0.2) is 0 Å². The van der Waals surface area contributed by atoms with Gasteiger partial charge >= 0.3 is 6.03 Å². The molecule has 0 heterocycles. The van der Waals surface area contributed by atoms with Crippen LogP contribution in [0.5, 0.6) is 0 Å². The molecule has 0 saturated heterocycles. The predicted octanol–water partition coefficient (Wildman–Crippen LogP) is 4.68. The van der Waals surface area contributed by atoms with Crippen molar-refractivity contribution in [2.24, 2.45) is 0 Å². The van der Waals surface area contributed by atoms with E-state index in [2.05, 4.69) is 16.7 Å². The minimum Gasteiger partial charge on any atom is -0.331 e. The Kier molecular flexibility index (Phi) is 4.29. The molecule has 0 bridgehead atoms. The lowest BCUT2D eigenvalue weighted by atomic mass is 9.88. The summed E-state index contributed by atoms with van der Waals surface area (Å²) in [5.74, 6) is -0.549. The molecule has 5 heteroatoms. The molecular weight excluding hydrogens is 303 g/mol. The number of fused-ring (bicyclic) bond motifs is 1. The highest BCUT2D eigenvalue weighted by molar-refractivity contribution is 6.30. The van der Waals surface area contributed by atoms with Crippen molar-refractivity contribution in [2.75, 3.05) is 5.32 Å². The third kappa shape index (κ3) is 3.22. The number of aryl methyl sites for hydroxylation is 1. The predicted molar refractivity (Wildman–Crippen MR) is 85.7 cm³/mol. The molecule has 3 rings (SSSR count). The maximum atomic E-state index is 13.7. The minimum atomic E-state index is -0.549. The Morgan fingerprint density at radius 3 is 2.86 bits per heavy atom. The molecule has 1 aliphatic carbocycles. The van der Waals surface area contributed by atoms with Crippen molar-refractivity contribution in [3.63, 3.8) is 0 Å². The van der Waals surface area contributed by atoms with Gasteiger partial charge in [-0.05, 0) is 48.6 Å². The van der Waals surface area contributed by atoms with Crippen molar-refractivity contribution < 1.29 is 9.18 Å². The van der Waals surface area contributed by atoms with Crippen LogP contribution < -0.4 is 10.6 Å². The van der Waals surface area contributed by atoms with Crippen LogP contribution >= 0.6 is 11.6 Å². The Morgan fingerprint density at radius 1 is 1.23 bits per heavy atom. The quantitative estimate of drug-likeness (QED) is 0.829. The first-order valence-electron chi connectivity index (χ1n) is 7.24. The van der Waals surface area contributed by atoms with Crippen molar-refractivity contribution >= 4 is 23.3 Å². The highest BCUT2D eigenvalue weighted by atomic mass is 35.5. The van der Waals surface area contributed by atoms with Gasteiger partial charge in [-0.15, -0.1) is 0 Å². The van der Waals surface area contributed by atoms with Gasteiger partial charge in [0.1, 0.15) is 5.82 Å². The van der Waals surface area contributed by atoms with Crippen LogP contribution in [0, 0.1) is 5.82 Å². The van der Waals surface area contributed by atoms with Crippen LogP contribution in [0.3, 0.4) is 0 Å². The Morgan fingerprint density at radius 2 is 2.05 bits per heavy atom. The van der Waals surface area contributed by atoms with E-state index in [-0.39, 0.29) is 11.7 Å². The second-order valence-corrected chi connectivity index (χ2v) is 5.80. The van der Waals surface area contributed by atoms with Crippen LogP contribution in [-0.4, -0.2) is 6.03 Å². The third-order valence-electron chi connectivity index (χ3n) is 3.85. The zero-order valence-electron chi connectivity index (χ0n) is 11.9. The molecule has 2 N–H and O–H groups in total. The highest BCUT2D eigenvalue weighted by Gasteiger charge is 2.21. The molecule has 22 heavy (non-hydrogen) atoms. The lowest BCUT2D eigenvalue weighted by Gasteiger charge is -2.26. The summed E-state index contributed by atoms with van der Waals surface area (Å²) in [4.78, 5) is 12.1. The molecule has 1 aliphatic rings. The highest BCUT2D eigenvalue weighted by Crippen LogP contribution is 2.29. The molecule has 2 aromatic rings. The number of carbonyl (C=O) groups is 1. The van der Waals surface area contributed by atoms with Crippen LogP contribution in [-0.2, 0) is 6.42 Å². The van der Waals surface area contributed by atoms with Gasteiger partial charge in [0.2, 0.25) is 0 Å². The smallest absolute Gasteiger partial charge is 0.319 e. The van der Waals surface area contributed by atoms with Gasteiger partial charge in [-0.3, -0.25) is 0 Å². The molecule has 0 aliphatic heterocycles. The first-order chi connectivity index (χ1) is 10.6. The number of carbonyl (C=O) groups excluding carboxylic acids is 1. The molecule has 0 spiro atoms. The lowest BCUT2D eigenvalue weighted by Crippen LogP contribution is -2.34. The molecule has 3 nitrogen and oxygen atoms in total. The average Bonchev–Trinajstić information content (AvgIpc) is 2.50. The average molecular weight is 319 g/mol. The lowest BCUT2D eigenvalue weighted by molar-refractivity contribution is 0.247. The molecule has 0 radical (unpaired) electrons.